The van der Waals surface area contributed by atoms with Crippen molar-refractivity contribution in [2.75, 3.05) is 6.61 Å². The maximum absolute atomic E-state index is 12.5. The lowest BCUT2D eigenvalue weighted by atomic mass is 9.97. The Morgan fingerprint density at radius 3 is 2.59 bits per heavy atom. The van der Waals surface area contributed by atoms with E-state index in [4.69, 9.17) is 4.74 Å². The minimum Gasteiger partial charge on any atom is -0.467 e. The molecular weight excluding hydrogens is 382 g/mol. The van der Waals surface area contributed by atoms with Crippen LogP contribution >= 0.6 is 11.3 Å². The van der Waals surface area contributed by atoms with Crippen molar-refractivity contribution >= 4 is 27.5 Å². The number of hydrogen-bond acceptors (Lipinski definition) is 5. The quantitative estimate of drug-likeness (QED) is 0.623. The zero-order chi connectivity index (χ0) is 20.1. The number of ether oxygens (including phenoxy) is 1. The largest absolute Gasteiger partial charge is 0.467 e. The summed E-state index contributed by atoms with van der Waals surface area (Å²) < 4.78 is 5.87. The van der Waals surface area contributed by atoms with Crippen molar-refractivity contribution in [3.8, 4) is 17.0 Å². The van der Waals surface area contributed by atoms with Gasteiger partial charge in [-0.15, -0.1) is 11.3 Å². The monoisotopic (exact) mass is 409 g/mol. The Morgan fingerprint density at radius 2 is 1.83 bits per heavy atom. The number of carbonyl (C=O) groups excluding carboxylic acids is 1. The molecule has 0 aliphatic heterocycles. The fraction of sp³-hybridized carbons (Fsp3) is 0.435. The van der Waals surface area contributed by atoms with Gasteiger partial charge < -0.3 is 10.1 Å². The first-order chi connectivity index (χ1) is 14.2. The molecule has 29 heavy (non-hydrogen) atoms. The Morgan fingerprint density at radius 1 is 1.10 bits per heavy atom. The smallest absolute Gasteiger partial charge is 0.258 e. The van der Waals surface area contributed by atoms with Crippen LogP contribution in [0.25, 0.3) is 21.3 Å². The molecule has 1 N–H and O–H groups in total. The maximum atomic E-state index is 12.5. The van der Waals surface area contributed by atoms with Gasteiger partial charge in [-0.2, -0.15) is 0 Å². The van der Waals surface area contributed by atoms with Gasteiger partial charge in [0.15, 0.2) is 6.61 Å². The van der Waals surface area contributed by atoms with Crippen molar-refractivity contribution < 1.29 is 9.53 Å². The normalized spacial score (nSPS) is 15.6. The first kappa shape index (κ1) is 19.8. The van der Waals surface area contributed by atoms with Crippen LogP contribution in [0.1, 0.15) is 50.5 Å². The lowest BCUT2D eigenvalue weighted by molar-refractivity contribution is -0.124. The van der Waals surface area contributed by atoms with E-state index in [-0.39, 0.29) is 18.6 Å². The number of carbonyl (C=O) groups is 1. The second-order valence-electron chi connectivity index (χ2n) is 7.77. The Hall–Kier alpha value is -2.47. The number of aryl methyl sites for hydroxylation is 1. The van der Waals surface area contributed by atoms with Gasteiger partial charge in [-0.3, -0.25) is 4.79 Å². The predicted octanol–water partition coefficient (Wildman–Crippen LogP) is 5.27. The van der Waals surface area contributed by atoms with Crippen LogP contribution in [-0.2, 0) is 4.79 Å². The lowest BCUT2D eigenvalue weighted by Gasteiger charge is -2.21. The number of nitrogens with one attached hydrogen (secondary N) is 1. The molecule has 0 unspecified atom stereocenters. The summed E-state index contributed by atoms with van der Waals surface area (Å²) in [7, 11) is 0. The summed E-state index contributed by atoms with van der Waals surface area (Å²) in [5.41, 5.74) is 3.35. The molecule has 1 aliphatic carbocycles. The molecule has 1 aromatic carbocycles. The molecule has 0 radical (unpaired) electrons. The van der Waals surface area contributed by atoms with Gasteiger partial charge in [-0.05, 0) is 25.3 Å². The molecule has 5 nitrogen and oxygen atoms in total. The van der Waals surface area contributed by atoms with Crippen LogP contribution in [0.4, 0.5) is 0 Å². The summed E-state index contributed by atoms with van der Waals surface area (Å²) in [5.74, 6) is 0.397. The van der Waals surface area contributed by atoms with Gasteiger partial charge in [-0.1, -0.05) is 61.9 Å². The third kappa shape index (κ3) is 4.93. The summed E-state index contributed by atoms with van der Waals surface area (Å²) in [4.78, 5) is 22.0. The van der Waals surface area contributed by atoms with Crippen LogP contribution in [0, 0.1) is 6.92 Å². The van der Waals surface area contributed by atoms with E-state index in [2.05, 4.69) is 51.9 Å². The highest BCUT2D eigenvalue weighted by Crippen LogP contribution is 2.37. The van der Waals surface area contributed by atoms with Gasteiger partial charge in [0.05, 0.1) is 5.39 Å². The van der Waals surface area contributed by atoms with Gasteiger partial charge in [0.2, 0.25) is 5.88 Å². The highest BCUT2D eigenvalue weighted by molar-refractivity contribution is 7.17. The molecule has 152 valence electrons. The third-order valence-electron chi connectivity index (χ3n) is 5.51. The number of aromatic nitrogens is 2. The molecule has 6 heteroatoms. The average Bonchev–Trinajstić information content (AvgIpc) is 3.14. The van der Waals surface area contributed by atoms with Crippen LogP contribution in [0.5, 0.6) is 5.88 Å². The van der Waals surface area contributed by atoms with E-state index in [1.54, 1.807) is 11.3 Å². The fourth-order valence-electron chi connectivity index (χ4n) is 3.91. The third-order valence-corrected chi connectivity index (χ3v) is 6.39. The highest BCUT2D eigenvalue weighted by Gasteiger charge is 2.17. The molecule has 0 atom stereocenters. The van der Waals surface area contributed by atoms with Gasteiger partial charge in [0, 0.05) is 17.0 Å². The first-order valence-corrected chi connectivity index (χ1v) is 11.3. The van der Waals surface area contributed by atoms with Gasteiger partial charge in [-0.25, -0.2) is 9.97 Å². The van der Waals surface area contributed by atoms with Crippen molar-refractivity contribution in [1.82, 2.24) is 15.3 Å². The summed E-state index contributed by atoms with van der Waals surface area (Å²) in [6.45, 7) is 2.05. The lowest BCUT2D eigenvalue weighted by Crippen LogP contribution is -2.38. The fourth-order valence-corrected chi connectivity index (χ4v) is 4.81. The second-order valence-corrected chi connectivity index (χ2v) is 8.63. The Kier molecular flexibility index (Phi) is 6.39. The Balaban J connectivity index is 1.47. The Labute approximate surface area is 175 Å². The second kappa shape index (κ2) is 9.35. The van der Waals surface area contributed by atoms with Gasteiger partial charge in [0.1, 0.15) is 11.2 Å². The van der Waals surface area contributed by atoms with E-state index >= 15 is 0 Å². The maximum Gasteiger partial charge on any atom is 0.258 e. The molecule has 0 spiro atoms. The number of fused-ring (bicyclic) bond motifs is 1. The molecule has 0 saturated heterocycles. The topological polar surface area (TPSA) is 64.1 Å². The SMILES string of the molecule is Cc1ccc(-c2csc3ncnc(OCC(=O)NC4CCCCCCC4)c23)cc1. The van der Waals surface area contributed by atoms with E-state index in [1.807, 2.05) is 0 Å². The standard InChI is InChI=1S/C23H27N3O2S/c1-16-9-11-17(12-10-16)19-14-29-23-21(19)22(24-15-25-23)28-13-20(27)26-18-7-5-3-2-4-6-8-18/h9-12,14-15,18H,2-8,13H2,1H3,(H,26,27). The van der Waals surface area contributed by atoms with Crippen LogP contribution < -0.4 is 10.1 Å². The van der Waals surface area contributed by atoms with E-state index < -0.39 is 0 Å². The van der Waals surface area contributed by atoms with E-state index in [9.17, 15) is 4.79 Å². The molecule has 2 heterocycles. The van der Waals surface area contributed by atoms with Crippen molar-refractivity contribution in [2.24, 2.45) is 0 Å². The summed E-state index contributed by atoms with van der Waals surface area (Å²) in [6, 6.07) is 8.63. The van der Waals surface area contributed by atoms with Crippen molar-refractivity contribution in [2.45, 2.75) is 57.9 Å². The van der Waals surface area contributed by atoms with Crippen molar-refractivity contribution in [1.29, 1.82) is 0 Å². The molecule has 1 amide bonds. The van der Waals surface area contributed by atoms with Crippen LogP contribution in [-0.4, -0.2) is 28.5 Å². The predicted molar refractivity (Wildman–Crippen MR) is 117 cm³/mol. The molecule has 4 rings (SSSR count). The zero-order valence-electron chi connectivity index (χ0n) is 16.8. The zero-order valence-corrected chi connectivity index (χ0v) is 17.6. The molecule has 2 aromatic heterocycles. The Bertz CT molecular complexity index is 960. The van der Waals surface area contributed by atoms with Crippen LogP contribution in [0.15, 0.2) is 36.0 Å². The number of hydrogen-bond donors (Lipinski definition) is 1. The number of thiophene rings is 1. The summed E-state index contributed by atoms with van der Waals surface area (Å²) in [5, 5.41) is 6.10. The van der Waals surface area contributed by atoms with Gasteiger partial charge >= 0.3 is 0 Å². The number of benzene rings is 1. The minimum atomic E-state index is -0.0746. The summed E-state index contributed by atoms with van der Waals surface area (Å²) in [6.07, 6.45) is 9.85. The van der Waals surface area contributed by atoms with E-state index in [1.165, 1.54) is 44.0 Å². The molecule has 1 saturated carbocycles. The van der Waals surface area contributed by atoms with Crippen molar-refractivity contribution in [3.05, 3.63) is 41.5 Å². The van der Waals surface area contributed by atoms with Crippen LogP contribution in [0.2, 0.25) is 0 Å². The van der Waals surface area contributed by atoms with E-state index in [0.717, 1.165) is 34.2 Å². The highest BCUT2D eigenvalue weighted by atomic mass is 32.1. The van der Waals surface area contributed by atoms with Crippen LogP contribution in [0.3, 0.4) is 0 Å². The number of amides is 1. The molecule has 0 bridgehead atoms. The number of nitrogens with zero attached hydrogens (tertiary/aromatic N) is 2. The van der Waals surface area contributed by atoms with Gasteiger partial charge in [0.25, 0.3) is 5.91 Å². The molecule has 1 aliphatic rings. The minimum absolute atomic E-state index is 0.0220. The molecular formula is C23H27N3O2S. The average molecular weight is 410 g/mol. The number of rotatable bonds is 5. The first-order valence-electron chi connectivity index (χ1n) is 10.4. The molecule has 3 aromatic rings. The van der Waals surface area contributed by atoms with E-state index in [0.29, 0.717) is 5.88 Å². The van der Waals surface area contributed by atoms with Crippen molar-refractivity contribution in [3.63, 3.8) is 0 Å². The molecule has 1 fully saturated rings. The summed E-state index contributed by atoms with van der Waals surface area (Å²) >= 11 is 1.56.